The Balaban J connectivity index is 1.87. The first-order valence-electron chi connectivity index (χ1n) is 8.38. The van der Waals surface area contributed by atoms with Crippen molar-refractivity contribution in [1.29, 1.82) is 0 Å². The van der Waals surface area contributed by atoms with E-state index in [1.54, 1.807) is 28.4 Å². The van der Waals surface area contributed by atoms with Crippen molar-refractivity contribution >= 4 is 10.8 Å². The maximum absolute atomic E-state index is 12.3. The number of methoxy groups -OCH3 is 4. The Hall–Kier alpha value is -2.21. The second-order valence-corrected chi connectivity index (χ2v) is 7.42. The predicted octanol–water partition coefficient (Wildman–Crippen LogP) is 3.25. The SMILES string of the molecule is COc1ccc(CCS(=O)CCc2ccc(OC)c(OC)c2)cc1OC. The van der Waals surface area contributed by atoms with Crippen molar-refractivity contribution < 1.29 is 23.2 Å². The summed E-state index contributed by atoms with van der Waals surface area (Å²) in [4.78, 5) is 0. The molecular weight excluding hydrogens is 352 g/mol. The van der Waals surface area contributed by atoms with Gasteiger partial charge in [0, 0.05) is 22.3 Å². The molecule has 26 heavy (non-hydrogen) atoms. The minimum absolute atomic E-state index is 0.614. The van der Waals surface area contributed by atoms with Gasteiger partial charge >= 0.3 is 0 Å². The van der Waals surface area contributed by atoms with Crippen molar-refractivity contribution in [2.75, 3.05) is 39.9 Å². The van der Waals surface area contributed by atoms with Crippen LogP contribution in [0.3, 0.4) is 0 Å². The highest BCUT2D eigenvalue weighted by molar-refractivity contribution is 7.84. The standard InChI is InChI=1S/C20H26O5S/c1-22-17-7-5-15(13-19(17)24-3)9-11-26(21)12-10-16-6-8-18(23-2)20(14-16)25-4/h5-8,13-14H,9-12H2,1-4H3. The third-order valence-corrected chi connectivity index (χ3v) is 5.45. The molecule has 0 bridgehead atoms. The lowest BCUT2D eigenvalue weighted by molar-refractivity contribution is 0.354. The molecule has 0 atom stereocenters. The second kappa shape index (κ2) is 10.1. The quantitative estimate of drug-likeness (QED) is 0.635. The first-order chi connectivity index (χ1) is 12.6. The van der Waals surface area contributed by atoms with Crippen LogP contribution in [0.1, 0.15) is 11.1 Å². The highest BCUT2D eigenvalue weighted by Gasteiger charge is 2.08. The maximum atomic E-state index is 12.3. The summed E-state index contributed by atoms with van der Waals surface area (Å²) in [6.07, 6.45) is 1.47. The van der Waals surface area contributed by atoms with Gasteiger partial charge in [0.1, 0.15) is 0 Å². The third kappa shape index (κ3) is 5.39. The van der Waals surface area contributed by atoms with Gasteiger partial charge in [0.25, 0.3) is 0 Å². The molecule has 0 aliphatic rings. The van der Waals surface area contributed by atoms with Crippen LogP contribution >= 0.6 is 0 Å². The zero-order valence-electron chi connectivity index (χ0n) is 15.7. The van der Waals surface area contributed by atoms with Crippen LogP contribution in [0.15, 0.2) is 36.4 Å². The molecule has 2 aromatic rings. The molecule has 0 fully saturated rings. The van der Waals surface area contributed by atoms with Crippen molar-refractivity contribution in [2.45, 2.75) is 12.8 Å². The van der Waals surface area contributed by atoms with Crippen molar-refractivity contribution in [3.05, 3.63) is 47.5 Å². The van der Waals surface area contributed by atoms with Crippen molar-refractivity contribution in [1.82, 2.24) is 0 Å². The maximum Gasteiger partial charge on any atom is 0.160 e. The molecule has 6 heteroatoms. The van der Waals surface area contributed by atoms with E-state index in [1.165, 1.54) is 0 Å². The van der Waals surface area contributed by atoms with E-state index >= 15 is 0 Å². The van der Waals surface area contributed by atoms with Crippen molar-refractivity contribution in [3.8, 4) is 23.0 Å². The summed E-state index contributed by atoms with van der Waals surface area (Å²) >= 11 is 0. The highest BCUT2D eigenvalue weighted by Crippen LogP contribution is 2.28. The van der Waals surface area contributed by atoms with E-state index in [9.17, 15) is 4.21 Å². The fraction of sp³-hybridized carbons (Fsp3) is 0.400. The summed E-state index contributed by atoms with van der Waals surface area (Å²) in [6, 6.07) is 11.6. The van der Waals surface area contributed by atoms with Crippen LogP contribution in [0.2, 0.25) is 0 Å². The summed E-state index contributed by atoms with van der Waals surface area (Å²) in [5, 5.41) is 0. The first-order valence-corrected chi connectivity index (χ1v) is 9.86. The van der Waals surface area contributed by atoms with Crippen molar-refractivity contribution in [2.24, 2.45) is 0 Å². The Bertz CT molecular complexity index is 683. The van der Waals surface area contributed by atoms with Gasteiger partial charge < -0.3 is 18.9 Å². The lowest BCUT2D eigenvalue weighted by Gasteiger charge is -2.10. The van der Waals surface area contributed by atoms with Gasteiger partial charge in [-0.05, 0) is 48.2 Å². The van der Waals surface area contributed by atoms with Gasteiger partial charge in [-0.1, -0.05) is 12.1 Å². The second-order valence-electron chi connectivity index (χ2n) is 5.73. The molecule has 0 aromatic heterocycles. The number of ether oxygens (including phenoxy) is 4. The predicted molar refractivity (Wildman–Crippen MR) is 104 cm³/mol. The molecule has 2 rings (SSSR count). The Morgan fingerprint density at radius 3 is 1.38 bits per heavy atom. The zero-order valence-corrected chi connectivity index (χ0v) is 16.6. The molecule has 0 aliphatic carbocycles. The third-order valence-electron chi connectivity index (χ3n) is 4.13. The van der Waals surface area contributed by atoms with E-state index in [0.29, 0.717) is 34.5 Å². The molecule has 0 unspecified atom stereocenters. The molecule has 2 aromatic carbocycles. The molecule has 0 spiro atoms. The number of aryl methyl sites for hydroxylation is 2. The fourth-order valence-corrected chi connectivity index (χ4v) is 3.77. The summed E-state index contributed by atoms with van der Waals surface area (Å²) in [5.41, 5.74) is 2.17. The van der Waals surface area contributed by atoms with Gasteiger partial charge in [-0.25, -0.2) is 0 Å². The Kier molecular flexibility index (Phi) is 7.78. The molecule has 5 nitrogen and oxygen atoms in total. The van der Waals surface area contributed by atoms with E-state index in [2.05, 4.69) is 0 Å². The van der Waals surface area contributed by atoms with Gasteiger partial charge in [0.05, 0.1) is 28.4 Å². The summed E-state index contributed by atoms with van der Waals surface area (Å²) in [6.45, 7) is 0. The van der Waals surface area contributed by atoms with Crippen LogP contribution in [0.5, 0.6) is 23.0 Å². The lowest BCUT2D eigenvalue weighted by Crippen LogP contribution is -2.08. The molecule has 0 amide bonds. The number of hydrogen-bond donors (Lipinski definition) is 0. The topological polar surface area (TPSA) is 54.0 Å². The van der Waals surface area contributed by atoms with Crippen LogP contribution in [0, 0.1) is 0 Å². The van der Waals surface area contributed by atoms with Crippen LogP contribution in [-0.2, 0) is 23.6 Å². The van der Waals surface area contributed by atoms with E-state index in [0.717, 1.165) is 24.0 Å². The Morgan fingerprint density at radius 1 is 0.654 bits per heavy atom. The minimum Gasteiger partial charge on any atom is -0.493 e. The van der Waals surface area contributed by atoms with E-state index in [4.69, 9.17) is 18.9 Å². The van der Waals surface area contributed by atoms with E-state index in [-0.39, 0.29) is 0 Å². The normalized spacial score (nSPS) is 10.7. The van der Waals surface area contributed by atoms with Crippen LogP contribution < -0.4 is 18.9 Å². The first kappa shape index (κ1) is 20.1. The largest absolute Gasteiger partial charge is 0.493 e. The zero-order chi connectivity index (χ0) is 18.9. The average molecular weight is 378 g/mol. The van der Waals surface area contributed by atoms with E-state index < -0.39 is 10.8 Å². The lowest BCUT2D eigenvalue weighted by atomic mass is 10.1. The highest BCUT2D eigenvalue weighted by atomic mass is 32.2. The van der Waals surface area contributed by atoms with Gasteiger partial charge in [0.2, 0.25) is 0 Å². The number of benzene rings is 2. The van der Waals surface area contributed by atoms with Crippen molar-refractivity contribution in [3.63, 3.8) is 0 Å². The molecule has 0 saturated heterocycles. The molecule has 142 valence electrons. The summed E-state index contributed by atoms with van der Waals surface area (Å²) in [5.74, 6) is 4.02. The molecule has 0 radical (unpaired) electrons. The average Bonchev–Trinajstić information content (AvgIpc) is 2.69. The molecule has 0 N–H and O–H groups in total. The molecule has 0 aliphatic heterocycles. The number of rotatable bonds is 10. The van der Waals surface area contributed by atoms with Gasteiger partial charge in [-0.2, -0.15) is 0 Å². The Morgan fingerprint density at radius 2 is 1.04 bits per heavy atom. The Labute approximate surface area is 157 Å². The van der Waals surface area contributed by atoms with Crippen LogP contribution in [0.25, 0.3) is 0 Å². The van der Waals surface area contributed by atoms with Gasteiger partial charge in [-0.15, -0.1) is 0 Å². The number of hydrogen-bond acceptors (Lipinski definition) is 5. The van der Waals surface area contributed by atoms with Crippen LogP contribution in [0.4, 0.5) is 0 Å². The van der Waals surface area contributed by atoms with Gasteiger partial charge in [-0.3, -0.25) is 4.21 Å². The smallest absolute Gasteiger partial charge is 0.160 e. The monoisotopic (exact) mass is 378 g/mol. The summed E-state index contributed by atoms with van der Waals surface area (Å²) in [7, 11) is 5.56. The molecule has 0 heterocycles. The molecular formula is C20H26O5S. The van der Waals surface area contributed by atoms with E-state index in [1.807, 2.05) is 36.4 Å². The minimum atomic E-state index is -0.897. The fourth-order valence-electron chi connectivity index (χ4n) is 2.64. The summed E-state index contributed by atoms with van der Waals surface area (Å²) < 4.78 is 33.4. The molecule has 0 saturated carbocycles. The van der Waals surface area contributed by atoms with Crippen LogP contribution in [-0.4, -0.2) is 44.2 Å². The van der Waals surface area contributed by atoms with Gasteiger partial charge in [0.15, 0.2) is 23.0 Å².